The summed E-state index contributed by atoms with van der Waals surface area (Å²) in [4.78, 5) is 11.7. The molecule has 0 spiro atoms. The molecule has 116 valence electrons. The van der Waals surface area contributed by atoms with Gasteiger partial charge in [0.05, 0.1) is 20.3 Å². The predicted octanol–water partition coefficient (Wildman–Crippen LogP) is 2.45. The van der Waals surface area contributed by atoms with Gasteiger partial charge in [-0.15, -0.1) is 0 Å². The van der Waals surface area contributed by atoms with Crippen molar-refractivity contribution in [3.63, 3.8) is 0 Å². The third kappa shape index (κ3) is 3.67. The minimum Gasteiger partial charge on any atom is -0.490 e. The lowest BCUT2D eigenvalue weighted by molar-refractivity contribution is -0.147. The van der Waals surface area contributed by atoms with E-state index in [1.54, 1.807) is 13.8 Å². The molecule has 0 saturated carbocycles. The van der Waals surface area contributed by atoms with Crippen LogP contribution in [0.4, 0.5) is 0 Å². The van der Waals surface area contributed by atoms with Gasteiger partial charge in [0.25, 0.3) is 0 Å². The van der Waals surface area contributed by atoms with Crippen molar-refractivity contribution in [3.8, 4) is 11.5 Å². The van der Waals surface area contributed by atoms with Gasteiger partial charge in [-0.05, 0) is 38.5 Å². The summed E-state index contributed by atoms with van der Waals surface area (Å²) in [6, 6.07) is 5.85. The van der Waals surface area contributed by atoms with Crippen molar-refractivity contribution in [1.29, 1.82) is 0 Å². The van der Waals surface area contributed by atoms with Gasteiger partial charge in [-0.1, -0.05) is 6.07 Å². The number of methoxy groups -OCH3 is 1. The lowest BCUT2D eigenvalue weighted by atomic mass is 10.0. The van der Waals surface area contributed by atoms with Gasteiger partial charge in [-0.25, -0.2) is 0 Å². The standard InChI is InChI=1S/C16H23NO4/c1-11(17-16(2,3)15(18)19-4)12-6-7-13-14(10-12)21-9-5-8-20-13/h6-7,10-11,17H,5,8-9H2,1-4H3. The lowest BCUT2D eigenvalue weighted by Gasteiger charge is -2.28. The first-order chi connectivity index (χ1) is 9.94. The van der Waals surface area contributed by atoms with Crippen molar-refractivity contribution in [1.82, 2.24) is 5.32 Å². The molecule has 0 fully saturated rings. The minimum absolute atomic E-state index is 0.0174. The number of rotatable bonds is 4. The van der Waals surface area contributed by atoms with Crippen molar-refractivity contribution in [2.45, 2.75) is 38.8 Å². The first-order valence-corrected chi connectivity index (χ1v) is 7.19. The van der Waals surface area contributed by atoms with E-state index in [4.69, 9.17) is 14.2 Å². The van der Waals surface area contributed by atoms with Crippen LogP contribution < -0.4 is 14.8 Å². The van der Waals surface area contributed by atoms with E-state index in [1.165, 1.54) is 7.11 Å². The molecule has 21 heavy (non-hydrogen) atoms. The molecule has 0 aliphatic carbocycles. The number of carbonyl (C=O) groups is 1. The Morgan fingerprint density at radius 3 is 2.62 bits per heavy atom. The number of hydrogen-bond donors (Lipinski definition) is 1. The van der Waals surface area contributed by atoms with Crippen molar-refractivity contribution in [2.24, 2.45) is 0 Å². The van der Waals surface area contributed by atoms with Crippen molar-refractivity contribution in [2.75, 3.05) is 20.3 Å². The first-order valence-electron chi connectivity index (χ1n) is 7.19. The van der Waals surface area contributed by atoms with Gasteiger partial charge in [0.15, 0.2) is 11.5 Å². The lowest BCUT2D eigenvalue weighted by Crippen LogP contribution is -2.48. The normalized spacial score (nSPS) is 16.0. The molecule has 5 nitrogen and oxygen atoms in total. The molecule has 0 saturated heterocycles. The molecule has 1 unspecified atom stereocenters. The molecule has 5 heteroatoms. The van der Waals surface area contributed by atoms with Crippen LogP contribution in [-0.4, -0.2) is 31.8 Å². The van der Waals surface area contributed by atoms with E-state index in [9.17, 15) is 4.79 Å². The Kier molecular flexibility index (Phi) is 4.73. The maximum atomic E-state index is 11.7. The van der Waals surface area contributed by atoms with Gasteiger partial charge in [-0.2, -0.15) is 0 Å². The SMILES string of the molecule is COC(=O)C(C)(C)NC(C)c1ccc2c(c1)OCCCO2. The first kappa shape index (κ1) is 15.6. The Bertz CT molecular complexity index is 513. The Balaban J connectivity index is 2.14. The molecule has 0 amide bonds. The highest BCUT2D eigenvalue weighted by Gasteiger charge is 2.30. The molecule has 1 aromatic carbocycles. The highest BCUT2D eigenvalue weighted by molar-refractivity contribution is 5.79. The van der Waals surface area contributed by atoms with Crippen LogP contribution in [0.25, 0.3) is 0 Å². The minimum atomic E-state index is -0.752. The fourth-order valence-corrected chi connectivity index (χ4v) is 2.39. The van der Waals surface area contributed by atoms with E-state index in [2.05, 4.69) is 5.32 Å². The van der Waals surface area contributed by atoms with Crippen LogP contribution in [0.15, 0.2) is 18.2 Å². The Morgan fingerprint density at radius 1 is 1.29 bits per heavy atom. The molecule has 0 radical (unpaired) electrons. The summed E-state index contributed by atoms with van der Waals surface area (Å²) >= 11 is 0. The largest absolute Gasteiger partial charge is 0.490 e. The number of carbonyl (C=O) groups excluding carboxylic acids is 1. The van der Waals surface area contributed by atoms with Crippen LogP contribution in [0.5, 0.6) is 11.5 Å². The van der Waals surface area contributed by atoms with Crippen molar-refractivity contribution >= 4 is 5.97 Å². The summed E-state index contributed by atoms with van der Waals surface area (Å²) in [6.45, 7) is 6.95. The van der Waals surface area contributed by atoms with Crippen LogP contribution in [-0.2, 0) is 9.53 Å². The molecule has 1 aliphatic rings. The van der Waals surface area contributed by atoms with E-state index in [-0.39, 0.29) is 12.0 Å². The van der Waals surface area contributed by atoms with Crippen LogP contribution >= 0.6 is 0 Å². The van der Waals surface area contributed by atoms with Gasteiger partial charge in [-0.3, -0.25) is 10.1 Å². The van der Waals surface area contributed by atoms with Gasteiger partial charge in [0, 0.05) is 12.5 Å². The van der Waals surface area contributed by atoms with Gasteiger partial charge in [0.1, 0.15) is 5.54 Å². The fraction of sp³-hybridized carbons (Fsp3) is 0.562. The average Bonchev–Trinajstić information content (AvgIpc) is 2.70. The summed E-state index contributed by atoms with van der Waals surface area (Å²) < 4.78 is 16.1. The quantitative estimate of drug-likeness (QED) is 0.864. The maximum Gasteiger partial charge on any atom is 0.325 e. The number of ether oxygens (including phenoxy) is 3. The molecule has 1 atom stereocenters. The summed E-state index contributed by atoms with van der Waals surface area (Å²) in [5.74, 6) is 1.24. The zero-order valence-corrected chi connectivity index (χ0v) is 13.1. The maximum absolute atomic E-state index is 11.7. The molecular formula is C16H23NO4. The van der Waals surface area contributed by atoms with Crippen LogP contribution in [0, 0.1) is 0 Å². The molecule has 0 bridgehead atoms. The van der Waals surface area contributed by atoms with Gasteiger partial charge in [0.2, 0.25) is 0 Å². The number of fused-ring (bicyclic) bond motifs is 1. The topological polar surface area (TPSA) is 56.8 Å². The summed E-state index contributed by atoms with van der Waals surface area (Å²) in [7, 11) is 1.39. The van der Waals surface area contributed by atoms with Crippen molar-refractivity contribution in [3.05, 3.63) is 23.8 Å². The molecule has 1 N–H and O–H groups in total. The zero-order chi connectivity index (χ0) is 15.5. The Morgan fingerprint density at radius 2 is 1.95 bits per heavy atom. The second kappa shape index (κ2) is 6.35. The summed E-state index contributed by atoms with van der Waals surface area (Å²) in [6.07, 6.45) is 0.882. The van der Waals surface area contributed by atoms with Gasteiger partial charge < -0.3 is 14.2 Å². The highest BCUT2D eigenvalue weighted by Crippen LogP contribution is 2.32. The smallest absolute Gasteiger partial charge is 0.325 e. The monoisotopic (exact) mass is 293 g/mol. The third-order valence-corrected chi connectivity index (χ3v) is 3.54. The predicted molar refractivity (Wildman–Crippen MR) is 79.7 cm³/mol. The van der Waals surface area contributed by atoms with E-state index >= 15 is 0 Å². The second-order valence-corrected chi connectivity index (χ2v) is 5.74. The highest BCUT2D eigenvalue weighted by atomic mass is 16.5. The van der Waals surface area contributed by atoms with E-state index in [0.29, 0.717) is 13.2 Å². The summed E-state index contributed by atoms with van der Waals surface area (Å²) in [5, 5.41) is 3.27. The van der Waals surface area contributed by atoms with E-state index < -0.39 is 5.54 Å². The second-order valence-electron chi connectivity index (χ2n) is 5.74. The van der Waals surface area contributed by atoms with Gasteiger partial charge >= 0.3 is 5.97 Å². The molecule has 1 heterocycles. The van der Waals surface area contributed by atoms with Crippen LogP contribution in [0.1, 0.15) is 38.8 Å². The number of esters is 1. The Hall–Kier alpha value is -1.75. The molecule has 1 aromatic rings. The molecule has 1 aliphatic heterocycles. The Labute approximate surface area is 125 Å². The molecule has 0 aromatic heterocycles. The van der Waals surface area contributed by atoms with Crippen LogP contribution in [0.3, 0.4) is 0 Å². The number of hydrogen-bond acceptors (Lipinski definition) is 5. The molecule has 2 rings (SSSR count). The van der Waals surface area contributed by atoms with E-state index in [1.807, 2.05) is 25.1 Å². The van der Waals surface area contributed by atoms with Crippen molar-refractivity contribution < 1.29 is 19.0 Å². The number of nitrogens with one attached hydrogen (secondary N) is 1. The van der Waals surface area contributed by atoms with E-state index in [0.717, 1.165) is 23.5 Å². The molecular weight excluding hydrogens is 270 g/mol. The zero-order valence-electron chi connectivity index (χ0n) is 13.1. The third-order valence-electron chi connectivity index (χ3n) is 3.54. The fourth-order valence-electron chi connectivity index (χ4n) is 2.39. The van der Waals surface area contributed by atoms with Crippen LogP contribution in [0.2, 0.25) is 0 Å². The number of benzene rings is 1. The average molecular weight is 293 g/mol. The summed E-state index contributed by atoms with van der Waals surface area (Å²) in [5.41, 5.74) is 0.287.